The number of nitrogens with zero attached hydrogens (tertiary/aromatic N) is 1. The van der Waals surface area contributed by atoms with Crippen molar-refractivity contribution in [3.8, 4) is 5.75 Å². The molecule has 0 bridgehead atoms. The first kappa shape index (κ1) is 18.2. The fraction of sp³-hybridized carbons (Fsp3) is 0.650. The van der Waals surface area contributed by atoms with Gasteiger partial charge in [0.1, 0.15) is 5.75 Å². The molecule has 2 fully saturated rings. The molecule has 0 saturated carbocycles. The second kappa shape index (κ2) is 8.19. The highest BCUT2D eigenvalue weighted by molar-refractivity contribution is 5.76. The van der Waals surface area contributed by atoms with Gasteiger partial charge in [0, 0.05) is 32.2 Å². The van der Waals surface area contributed by atoms with Crippen molar-refractivity contribution in [1.82, 2.24) is 4.90 Å². The first-order valence-corrected chi connectivity index (χ1v) is 9.35. The van der Waals surface area contributed by atoms with Gasteiger partial charge in [-0.3, -0.25) is 4.79 Å². The second-order valence-corrected chi connectivity index (χ2v) is 7.28. The lowest BCUT2D eigenvalue weighted by molar-refractivity contribution is -0.151. The highest BCUT2D eigenvalue weighted by Gasteiger charge is 2.45. The lowest BCUT2D eigenvalue weighted by atomic mass is 9.70. The van der Waals surface area contributed by atoms with Crippen molar-refractivity contribution in [2.45, 2.75) is 38.2 Å². The van der Waals surface area contributed by atoms with Gasteiger partial charge in [0.2, 0.25) is 5.91 Å². The molecule has 2 atom stereocenters. The number of rotatable bonds is 5. The van der Waals surface area contributed by atoms with E-state index in [2.05, 4.69) is 6.92 Å². The molecule has 3 rings (SSSR count). The monoisotopic (exact) mass is 347 g/mol. The van der Waals surface area contributed by atoms with E-state index in [1.807, 2.05) is 35.2 Å². The van der Waals surface area contributed by atoms with Gasteiger partial charge in [-0.1, -0.05) is 25.1 Å². The number of carbonyl (C=O) groups excluding carboxylic acids is 1. The molecule has 138 valence electrons. The molecular formula is C20H29NO4. The topological polar surface area (TPSA) is 59.0 Å². The summed E-state index contributed by atoms with van der Waals surface area (Å²) in [6.07, 6.45) is 2.86. The van der Waals surface area contributed by atoms with Crippen LogP contribution < -0.4 is 4.74 Å². The molecule has 0 aliphatic carbocycles. The highest BCUT2D eigenvalue weighted by atomic mass is 16.5. The van der Waals surface area contributed by atoms with Crippen molar-refractivity contribution >= 4 is 5.91 Å². The minimum Gasteiger partial charge on any atom is -0.493 e. The van der Waals surface area contributed by atoms with Crippen LogP contribution in [-0.2, 0) is 9.53 Å². The molecule has 1 aromatic rings. The largest absolute Gasteiger partial charge is 0.493 e. The Kier molecular flexibility index (Phi) is 5.97. The van der Waals surface area contributed by atoms with E-state index in [9.17, 15) is 9.90 Å². The molecular weight excluding hydrogens is 318 g/mol. The van der Waals surface area contributed by atoms with E-state index in [-0.39, 0.29) is 17.7 Å². The standard InChI is InChI=1S/C20H29NO4/c1-16-15-21(11-10-20(16,23)17-7-12-24-13-8-17)19(22)9-14-25-18-5-3-2-4-6-18/h2-6,16-17,23H,7-15H2,1H3. The van der Waals surface area contributed by atoms with Crippen LogP contribution in [0.15, 0.2) is 30.3 Å². The van der Waals surface area contributed by atoms with Crippen molar-refractivity contribution < 1.29 is 19.4 Å². The maximum atomic E-state index is 12.5. The second-order valence-electron chi connectivity index (χ2n) is 7.28. The van der Waals surface area contributed by atoms with E-state index in [0.29, 0.717) is 32.5 Å². The zero-order valence-electron chi connectivity index (χ0n) is 15.0. The molecule has 25 heavy (non-hydrogen) atoms. The van der Waals surface area contributed by atoms with Crippen LogP contribution in [0.2, 0.25) is 0 Å². The van der Waals surface area contributed by atoms with Gasteiger partial charge in [0.05, 0.1) is 18.6 Å². The van der Waals surface area contributed by atoms with Gasteiger partial charge in [0.15, 0.2) is 0 Å². The molecule has 2 aliphatic rings. The molecule has 0 spiro atoms. The molecule has 1 amide bonds. The summed E-state index contributed by atoms with van der Waals surface area (Å²) in [6, 6.07) is 9.55. The summed E-state index contributed by atoms with van der Waals surface area (Å²) in [4.78, 5) is 14.3. The van der Waals surface area contributed by atoms with Crippen molar-refractivity contribution in [2.24, 2.45) is 11.8 Å². The molecule has 0 radical (unpaired) electrons. The van der Waals surface area contributed by atoms with Crippen LogP contribution in [0.3, 0.4) is 0 Å². The zero-order valence-corrected chi connectivity index (χ0v) is 15.0. The molecule has 2 unspecified atom stereocenters. The summed E-state index contributed by atoms with van der Waals surface area (Å²) in [5, 5.41) is 11.2. The molecule has 2 aliphatic heterocycles. The third-order valence-electron chi connectivity index (χ3n) is 5.74. The number of benzene rings is 1. The number of piperidine rings is 1. The van der Waals surface area contributed by atoms with Crippen LogP contribution in [0.4, 0.5) is 0 Å². The van der Waals surface area contributed by atoms with Gasteiger partial charge in [-0.05, 0) is 37.3 Å². The molecule has 0 aromatic heterocycles. The van der Waals surface area contributed by atoms with Crippen LogP contribution in [0.5, 0.6) is 5.75 Å². The number of aliphatic hydroxyl groups is 1. The fourth-order valence-electron chi connectivity index (χ4n) is 4.10. The van der Waals surface area contributed by atoms with E-state index in [1.54, 1.807) is 0 Å². The van der Waals surface area contributed by atoms with Crippen molar-refractivity contribution in [3.63, 3.8) is 0 Å². The minimum absolute atomic E-state index is 0.0864. The van der Waals surface area contributed by atoms with Gasteiger partial charge in [-0.15, -0.1) is 0 Å². The summed E-state index contributed by atoms with van der Waals surface area (Å²) in [5.41, 5.74) is -0.666. The molecule has 1 aromatic carbocycles. The molecule has 2 saturated heterocycles. The Morgan fingerprint density at radius 2 is 2.04 bits per heavy atom. The summed E-state index contributed by atoms with van der Waals surface area (Å²) in [6.45, 7) is 5.17. The van der Waals surface area contributed by atoms with Gasteiger partial charge in [-0.2, -0.15) is 0 Å². The van der Waals surface area contributed by atoms with Gasteiger partial charge in [0.25, 0.3) is 0 Å². The summed E-state index contributed by atoms with van der Waals surface area (Å²) >= 11 is 0. The van der Waals surface area contributed by atoms with E-state index < -0.39 is 5.60 Å². The van der Waals surface area contributed by atoms with Crippen molar-refractivity contribution in [2.75, 3.05) is 32.9 Å². The molecule has 5 nitrogen and oxygen atoms in total. The van der Waals surface area contributed by atoms with Crippen LogP contribution in [0.1, 0.15) is 32.6 Å². The summed E-state index contributed by atoms with van der Waals surface area (Å²) in [5.74, 6) is 1.27. The predicted molar refractivity (Wildman–Crippen MR) is 95.4 cm³/mol. The first-order valence-electron chi connectivity index (χ1n) is 9.35. The maximum Gasteiger partial charge on any atom is 0.226 e. The van der Waals surface area contributed by atoms with Crippen LogP contribution in [0.25, 0.3) is 0 Å². The lowest BCUT2D eigenvalue weighted by Gasteiger charge is -2.48. The van der Waals surface area contributed by atoms with E-state index >= 15 is 0 Å². The first-order chi connectivity index (χ1) is 12.1. The van der Waals surface area contributed by atoms with Crippen LogP contribution in [-0.4, -0.2) is 54.4 Å². The van der Waals surface area contributed by atoms with E-state index in [1.165, 1.54) is 0 Å². The quantitative estimate of drug-likeness (QED) is 0.889. The van der Waals surface area contributed by atoms with Crippen LogP contribution >= 0.6 is 0 Å². The summed E-state index contributed by atoms with van der Waals surface area (Å²) < 4.78 is 11.0. The normalized spacial score (nSPS) is 27.9. The number of amides is 1. The van der Waals surface area contributed by atoms with E-state index in [4.69, 9.17) is 9.47 Å². The Bertz CT molecular complexity index is 558. The van der Waals surface area contributed by atoms with Gasteiger partial charge >= 0.3 is 0 Å². The number of ether oxygens (including phenoxy) is 2. The predicted octanol–water partition coefficient (Wildman–Crippen LogP) is 2.48. The van der Waals surface area contributed by atoms with E-state index in [0.717, 1.165) is 31.8 Å². The Morgan fingerprint density at radius 3 is 2.72 bits per heavy atom. The Morgan fingerprint density at radius 1 is 1.32 bits per heavy atom. The smallest absolute Gasteiger partial charge is 0.226 e. The van der Waals surface area contributed by atoms with Gasteiger partial charge in [-0.25, -0.2) is 0 Å². The SMILES string of the molecule is CC1CN(C(=O)CCOc2ccccc2)CCC1(O)C1CCOCC1. The third kappa shape index (κ3) is 4.33. The number of carbonyl (C=O) groups is 1. The Labute approximate surface area is 149 Å². The van der Waals surface area contributed by atoms with Crippen molar-refractivity contribution in [1.29, 1.82) is 0 Å². The Balaban J connectivity index is 1.47. The maximum absolute atomic E-state index is 12.5. The number of hydrogen-bond acceptors (Lipinski definition) is 4. The zero-order chi connectivity index (χ0) is 17.7. The number of para-hydroxylation sites is 1. The molecule has 2 heterocycles. The summed E-state index contributed by atoms with van der Waals surface area (Å²) in [7, 11) is 0. The minimum atomic E-state index is -0.666. The number of likely N-dealkylation sites (tertiary alicyclic amines) is 1. The fourth-order valence-corrected chi connectivity index (χ4v) is 4.10. The average Bonchev–Trinajstić information content (AvgIpc) is 2.65. The average molecular weight is 347 g/mol. The third-order valence-corrected chi connectivity index (χ3v) is 5.74. The highest BCUT2D eigenvalue weighted by Crippen LogP contribution is 2.39. The lowest BCUT2D eigenvalue weighted by Crippen LogP contribution is -2.57. The molecule has 5 heteroatoms. The number of hydrogen-bond donors (Lipinski definition) is 1. The van der Waals surface area contributed by atoms with Crippen LogP contribution in [0, 0.1) is 11.8 Å². The van der Waals surface area contributed by atoms with Gasteiger partial charge < -0.3 is 19.5 Å². The Hall–Kier alpha value is -1.59. The van der Waals surface area contributed by atoms with Crippen molar-refractivity contribution in [3.05, 3.63) is 30.3 Å². The molecule has 1 N–H and O–H groups in total.